The molecule has 1 aliphatic heterocycles. The highest BCUT2D eigenvalue weighted by atomic mass is 19.4. The van der Waals surface area contributed by atoms with Crippen LogP contribution in [0.3, 0.4) is 0 Å². The molecule has 1 aliphatic rings. The fraction of sp³-hybridized carbons (Fsp3) is 0.450. The Balaban J connectivity index is 0.000000362. The van der Waals surface area contributed by atoms with Gasteiger partial charge in [-0.3, -0.25) is 9.88 Å². The smallest absolute Gasteiger partial charge is 0.478 e. The number of hydrogen-bond donors (Lipinski definition) is 2. The summed E-state index contributed by atoms with van der Waals surface area (Å²) in [6.45, 7) is 5.48. The lowest BCUT2D eigenvalue weighted by atomic mass is 10.1. The average molecular weight is 512 g/mol. The predicted molar refractivity (Wildman–Crippen MR) is 108 cm³/mol. The minimum Gasteiger partial charge on any atom is -0.478 e. The first-order chi connectivity index (χ1) is 16.3. The Morgan fingerprint density at radius 3 is 2.03 bits per heavy atom. The number of pyridine rings is 1. The number of halogens is 6. The van der Waals surface area contributed by atoms with E-state index in [0.29, 0.717) is 6.61 Å². The third-order valence-corrected chi connectivity index (χ3v) is 4.22. The van der Waals surface area contributed by atoms with E-state index in [-0.39, 0.29) is 0 Å². The summed E-state index contributed by atoms with van der Waals surface area (Å²) in [6, 6.07) is 6.06. The van der Waals surface area contributed by atoms with Crippen LogP contribution in [0.25, 0.3) is 0 Å². The Kier molecular flexibility index (Phi) is 11.3. The van der Waals surface area contributed by atoms with Crippen LogP contribution in [0.2, 0.25) is 0 Å². The van der Waals surface area contributed by atoms with E-state index in [9.17, 15) is 26.3 Å². The molecule has 15 heteroatoms. The Bertz CT molecular complexity index is 933. The standard InChI is InChI=1S/C16H20N4O.2C2HF3O2/c1-2-21-16-14-6-9-20(10-7-15(14)18-12-19-16)11-13-5-3-4-8-17-13;2*3-2(4,5)1(6)7/h3-5,8,12H,2,6-7,9-11H2,1H3;2*(H,6,7). The molecule has 3 rings (SSSR count). The van der Waals surface area contributed by atoms with Crippen molar-refractivity contribution in [3.63, 3.8) is 0 Å². The van der Waals surface area contributed by atoms with Gasteiger partial charge in [0.1, 0.15) is 6.33 Å². The van der Waals surface area contributed by atoms with Crippen LogP contribution >= 0.6 is 0 Å². The van der Waals surface area contributed by atoms with Crippen LogP contribution < -0.4 is 4.74 Å². The van der Waals surface area contributed by atoms with Crippen LogP contribution in [-0.2, 0) is 29.0 Å². The first-order valence-electron chi connectivity index (χ1n) is 9.93. The second-order valence-corrected chi connectivity index (χ2v) is 6.74. The van der Waals surface area contributed by atoms with Gasteiger partial charge in [-0.25, -0.2) is 19.6 Å². The van der Waals surface area contributed by atoms with E-state index < -0.39 is 24.3 Å². The zero-order chi connectivity index (χ0) is 26.6. The molecule has 35 heavy (non-hydrogen) atoms. The number of carboxylic acids is 2. The lowest BCUT2D eigenvalue weighted by molar-refractivity contribution is -0.193. The first-order valence-corrected chi connectivity index (χ1v) is 9.93. The van der Waals surface area contributed by atoms with Crippen molar-refractivity contribution in [3.05, 3.63) is 47.7 Å². The average Bonchev–Trinajstić information content (AvgIpc) is 2.97. The second kappa shape index (κ2) is 13.4. The van der Waals surface area contributed by atoms with Crippen LogP contribution in [0.5, 0.6) is 5.88 Å². The van der Waals surface area contributed by atoms with Crippen molar-refractivity contribution in [3.8, 4) is 5.88 Å². The van der Waals surface area contributed by atoms with Crippen molar-refractivity contribution in [2.24, 2.45) is 0 Å². The fourth-order valence-corrected chi connectivity index (χ4v) is 2.68. The van der Waals surface area contributed by atoms with Gasteiger partial charge < -0.3 is 14.9 Å². The highest BCUT2D eigenvalue weighted by Gasteiger charge is 2.38. The van der Waals surface area contributed by atoms with Gasteiger partial charge in [-0.1, -0.05) is 6.07 Å². The molecule has 0 bridgehead atoms. The number of carbonyl (C=O) groups is 2. The van der Waals surface area contributed by atoms with Crippen LogP contribution in [0.15, 0.2) is 30.7 Å². The van der Waals surface area contributed by atoms with Crippen molar-refractivity contribution in [1.82, 2.24) is 19.9 Å². The highest BCUT2D eigenvalue weighted by molar-refractivity contribution is 5.73. The summed E-state index contributed by atoms with van der Waals surface area (Å²) in [5.41, 5.74) is 3.40. The number of alkyl halides is 6. The molecule has 0 unspecified atom stereocenters. The summed E-state index contributed by atoms with van der Waals surface area (Å²) in [5, 5.41) is 14.2. The molecule has 2 aromatic heterocycles. The number of fused-ring (bicyclic) bond motifs is 1. The summed E-state index contributed by atoms with van der Waals surface area (Å²) < 4.78 is 69.1. The summed E-state index contributed by atoms with van der Waals surface area (Å²) >= 11 is 0. The molecule has 9 nitrogen and oxygen atoms in total. The molecule has 0 aliphatic carbocycles. The summed E-state index contributed by atoms with van der Waals surface area (Å²) in [6.07, 6.45) is -4.85. The van der Waals surface area contributed by atoms with Gasteiger partial charge in [-0.05, 0) is 25.5 Å². The number of rotatable bonds is 4. The van der Waals surface area contributed by atoms with E-state index >= 15 is 0 Å². The number of nitrogens with zero attached hydrogens (tertiary/aromatic N) is 4. The fourth-order valence-electron chi connectivity index (χ4n) is 2.68. The molecule has 2 N–H and O–H groups in total. The monoisotopic (exact) mass is 512 g/mol. The topological polar surface area (TPSA) is 126 Å². The molecule has 0 radical (unpaired) electrons. The minimum absolute atomic E-state index is 0.640. The number of carboxylic acid groups (broad SMARTS) is 2. The Hall–Kier alpha value is -3.49. The maximum Gasteiger partial charge on any atom is 0.490 e. The van der Waals surface area contributed by atoms with Crippen LogP contribution in [0.4, 0.5) is 26.3 Å². The number of aromatic nitrogens is 3. The Morgan fingerprint density at radius 2 is 1.54 bits per heavy atom. The van der Waals surface area contributed by atoms with Crippen molar-refractivity contribution in [2.75, 3.05) is 19.7 Å². The zero-order valence-corrected chi connectivity index (χ0v) is 18.3. The van der Waals surface area contributed by atoms with Gasteiger partial charge >= 0.3 is 24.3 Å². The van der Waals surface area contributed by atoms with E-state index in [2.05, 4.69) is 25.9 Å². The van der Waals surface area contributed by atoms with Gasteiger partial charge in [-0.15, -0.1) is 0 Å². The minimum atomic E-state index is -5.08. The van der Waals surface area contributed by atoms with Crippen molar-refractivity contribution in [2.45, 2.75) is 38.7 Å². The van der Waals surface area contributed by atoms with Gasteiger partial charge in [0.15, 0.2) is 0 Å². The SMILES string of the molecule is CCOc1ncnc2c1CCN(Cc1ccccn1)CC2.O=C(O)C(F)(F)F.O=C(O)C(F)(F)F. The van der Waals surface area contributed by atoms with E-state index in [4.69, 9.17) is 24.5 Å². The van der Waals surface area contributed by atoms with Crippen molar-refractivity contribution < 1.29 is 50.9 Å². The summed E-state index contributed by atoms with van der Waals surface area (Å²) in [4.78, 5) is 33.3. The third-order valence-electron chi connectivity index (χ3n) is 4.22. The lowest BCUT2D eigenvalue weighted by Crippen LogP contribution is -2.26. The first kappa shape index (κ1) is 29.5. The third kappa shape index (κ3) is 11.0. The largest absolute Gasteiger partial charge is 0.490 e. The summed E-state index contributed by atoms with van der Waals surface area (Å²) in [7, 11) is 0. The molecule has 0 atom stereocenters. The van der Waals surface area contributed by atoms with E-state index in [1.807, 2.05) is 25.3 Å². The molecule has 2 aromatic rings. The van der Waals surface area contributed by atoms with Gasteiger partial charge in [0, 0.05) is 37.8 Å². The molecule has 0 spiro atoms. The molecule has 0 saturated heterocycles. The van der Waals surface area contributed by atoms with E-state index in [1.165, 1.54) is 5.56 Å². The molecule has 194 valence electrons. The van der Waals surface area contributed by atoms with Gasteiger partial charge in [-0.2, -0.15) is 26.3 Å². The second-order valence-electron chi connectivity index (χ2n) is 6.74. The van der Waals surface area contributed by atoms with Crippen LogP contribution in [0.1, 0.15) is 23.9 Å². The Labute approximate surface area is 195 Å². The molecular formula is C20H22F6N4O5. The normalized spacial score (nSPS) is 13.7. The molecule has 0 fully saturated rings. The number of ether oxygens (including phenoxy) is 1. The van der Waals surface area contributed by atoms with Crippen molar-refractivity contribution >= 4 is 11.9 Å². The Morgan fingerprint density at radius 1 is 0.971 bits per heavy atom. The van der Waals surface area contributed by atoms with Gasteiger partial charge in [0.25, 0.3) is 0 Å². The summed E-state index contributed by atoms with van der Waals surface area (Å²) in [5.74, 6) is -4.76. The molecular weight excluding hydrogens is 490 g/mol. The molecule has 0 aromatic carbocycles. The number of hydrogen-bond acceptors (Lipinski definition) is 7. The van der Waals surface area contributed by atoms with Gasteiger partial charge in [0.05, 0.1) is 18.0 Å². The van der Waals surface area contributed by atoms with Crippen LogP contribution in [0, 0.1) is 0 Å². The maximum absolute atomic E-state index is 10.6. The van der Waals surface area contributed by atoms with Crippen LogP contribution in [-0.4, -0.2) is 74.1 Å². The van der Waals surface area contributed by atoms with Gasteiger partial charge in [0.2, 0.25) is 5.88 Å². The van der Waals surface area contributed by atoms with Crippen molar-refractivity contribution in [1.29, 1.82) is 0 Å². The van der Waals surface area contributed by atoms with E-state index in [1.54, 1.807) is 6.33 Å². The predicted octanol–water partition coefficient (Wildman–Crippen LogP) is 3.14. The molecule has 0 amide bonds. The quantitative estimate of drug-likeness (QED) is 0.595. The zero-order valence-electron chi connectivity index (χ0n) is 18.3. The van der Waals surface area contributed by atoms with E-state index in [0.717, 1.165) is 49.7 Å². The highest BCUT2D eigenvalue weighted by Crippen LogP contribution is 2.22. The molecule has 3 heterocycles. The lowest BCUT2D eigenvalue weighted by Gasteiger charge is -2.18. The number of aliphatic carboxylic acids is 2. The molecule has 0 saturated carbocycles. The maximum atomic E-state index is 10.6.